The molecule has 2 heterocycles. The number of aromatic nitrogens is 1. The molecule has 0 unspecified atom stereocenters. The monoisotopic (exact) mass is 388 g/mol. The number of para-hydroxylation sites is 3. The number of hydrogen-bond donors (Lipinski definition) is 0. The normalized spacial score (nSPS) is 17.1. The minimum absolute atomic E-state index is 0.0862. The summed E-state index contributed by atoms with van der Waals surface area (Å²) < 4.78 is 52.9. The second-order valence-corrected chi connectivity index (χ2v) is 6.46. The molecule has 1 aromatic heterocycles. The molecule has 0 amide bonds. The number of ether oxygens (including phenoxy) is 2. The Labute approximate surface area is 160 Å². The summed E-state index contributed by atoms with van der Waals surface area (Å²) in [7, 11) is 1.61. The largest absolute Gasteiger partial charge is 0.495 e. The summed E-state index contributed by atoms with van der Waals surface area (Å²) in [6.45, 7) is 1.18. The average Bonchev–Trinajstić information content (AvgIpc) is 3.36. The molecular weight excluding hydrogens is 369 g/mol. The lowest BCUT2D eigenvalue weighted by molar-refractivity contribution is -0.137. The van der Waals surface area contributed by atoms with Gasteiger partial charge in [-0.2, -0.15) is 13.2 Å². The zero-order chi connectivity index (χ0) is 19.7. The molecule has 1 aliphatic heterocycles. The lowest BCUT2D eigenvalue weighted by atomic mass is 10.1. The van der Waals surface area contributed by atoms with Gasteiger partial charge in [0.2, 0.25) is 0 Å². The Hall–Kier alpha value is -2.93. The molecular formula is C21H19F3N2O2. The van der Waals surface area contributed by atoms with Gasteiger partial charge >= 0.3 is 6.18 Å². The predicted molar refractivity (Wildman–Crippen MR) is 99.8 cm³/mol. The third-order valence-corrected chi connectivity index (χ3v) is 4.77. The summed E-state index contributed by atoms with van der Waals surface area (Å²) in [5.41, 5.74) is 1.07. The van der Waals surface area contributed by atoms with Crippen LogP contribution in [0.5, 0.6) is 5.75 Å². The van der Waals surface area contributed by atoms with Crippen LogP contribution in [0, 0.1) is 0 Å². The van der Waals surface area contributed by atoms with Gasteiger partial charge in [0.25, 0.3) is 0 Å². The van der Waals surface area contributed by atoms with Crippen molar-refractivity contribution in [2.45, 2.75) is 12.4 Å². The lowest BCUT2D eigenvalue weighted by Gasteiger charge is -2.26. The van der Waals surface area contributed by atoms with Gasteiger partial charge < -0.3 is 18.9 Å². The summed E-state index contributed by atoms with van der Waals surface area (Å²) in [5.74, 6) is 0.722. The number of benzene rings is 2. The number of halogens is 3. The number of rotatable bonds is 4. The van der Waals surface area contributed by atoms with Crippen molar-refractivity contribution in [3.8, 4) is 11.4 Å². The van der Waals surface area contributed by atoms with Crippen molar-refractivity contribution in [1.82, 2.24) is 4.57 Å². The molecule has 0 saturated carbocycles. The average molecular weight is 388 g/mol. The van der Waals surface area contributed by atoms with Crippen LogP contribution in [-0.2, 0) is 10.9 Å². The van der Waals surface area contributed by atoms with Gasteiger partial charge in [-0.15, -0.1) is 0 Å². The summed E-state index contributed by atoms with van der Waals surface area (Å²) in [5, 5.41) is 0. The molecule has 3 aromatic rings. The van der Waals surface area contributed by atoms with Crippen LogP contribution in [0.15, 0.2) is 67.0 Å². The van der Waals surface area contributed by atoms with Gasteiger partial charge in [-0.25, -0.2) is 0 Å². The highest BCUT2D eigenvalue weighted by atomic mass is 19.4. The maximum Gasteiger partial charge on any atom is 0.418 e. The molecule has 1 aliphatic rings. The predicted octanol–water partition coefficient (Wildman–Crippen LogP) is 5.04. The number of alkyl halides is 3. The summed E-state index contributed by atoms with van der Waals surface area (Å²) >= 11 is 0. The maximum atomic E-state index is 13.3. The van der Waals surface area contributed by atoms with Gasteiger partial charge in [-0.05, 0) is 30.3 Å². The van der Waals surface area contributed by atoms with E-state index < -0.39 is 18.0 Å². The van der Waals surface area contributed by atoms with E-state index in [1.165, 1.54) is 16.7 Å². The minimum Gasteiger partial charge on any atom is -0.495 e. The van der Waals surface area contributed by atoms with Crippen LogP contribution in [0.4, 0.5) is 18.9 Å². The van der Waals surface area contributed by atoms with Crippen LogP contribution in [0.1, 0.15) is 17.4 Å². The first kappa shape index (κ1) is 18.4. The fourth-order valence-corrected chi connectivity index (χ4v) is 3.51. The van der Waals surface area contributed by atoms with E-state index in [1.807, 2.05) is 29.2 Å². The second-order valence-electron chi connectivity index (χ2n) is 6.46. The molecule has 4 rings (SSSR count). The Kier molecular flexibility index (Phi) is 4.77. The van der Waals surface area contributed by atoms with E-state index in [-0.39, 0.29) is 5.69 Å². The van der Waals surface area contributed by atoms with E-state index in [0.717, 1.165) is 23.1 Å². The molecule has 1 atom stereocenters. The van der Waals surface area contributed by atoms with Crippen molar-refractivity contribution in [3.05, 3.63) is 78.1 Å². The van der Waals surface area contributed by atoms with E-state index in [1.54, 1.807) is 31.6 Å². The smallest absolute Gasteiger partial charge is 0.418 e. The Balaban J connectivity index is 1.68. The third-order valence-electron chi connectivity index (χ3n) is 4.77. The number of hydrogen-bond acceptors (Lipinski definition) is 3. The van der Waals surface area contributed by atoms with E-state index >= 15 is 0 Å². The van der Waals surface area contributed by atoms with Gasteiger partial charge in [-0.1, -0.05) is 24.3 Å². The first-order valence-corrected chi connectivity index (χ1v) is 8.85. The van der Waals surface area contributed by atoms with Crippen molar-refractivity contribution < 1.29 is 22.6 Å². The molecule has 4 nitrogen and oxygen atoms in total. The van der Waals surface area contributed by atoms with E-state index in [4.69, 9.17) is 9.47 Å². The highest BCUT2D eigenvalue weighted by Crippen LogP contribution is 2.38. The minimum atomic E-state index is -4.42. The summed E-state index contributed by atoms with van der Waals surface area (Å²) in [6, 6.07) is 14.9. The number of nitrogens with zero attached hydrogens (tertiary/aromatic N) is 2. The Bertz CT molecular complexity index is 968. The third kappa shape index (κ3) is 3.33. The van der Waals surface area contributed by atoms with Crippen molar-refractivity contribution in [3.63, 3.8) is 0 Å². The van der Waals surface area contributed by atoms with E-state index in [0.29, 0.717) is 13.2 Å². The van der Waals surface area contributed by atoms with Crippen molar-refractivity contribution in [2.24, 2.45) is 0 Å². The van der Waals surface area contributed by atoms with E-state index in [2.05, 4.69) is 0 Å². The van der Waals surface area contributed by atoms with Crippen LogP contribution < -0.4 is 9.64 Å². The van der Waals surface area contributed by atoms with Crippen LogP contribution in [0.3, 0.4) is 0 Å². The van der Waals surface area contributed by atoms with Crippen molar-refractivity contribution >= 4 is 5.69 Å². The molecule has 1 fully saturated rings. The first-order valence-electron chi connectivity index (χ1n) is 8.85. The fraction of sp³-hybridized carbons (Fsp3) is 0.238. The molecule has 0 aliphatic carbocycles. The maximum absolute atomic E-state index is 13.3. The Morgan fingerprint density at radius 3 is 2.46 bits per heavy atom. The quantitative estimate of drug-likeness (QED) is 0.627. The topological polar surface area (TPSA) is 26.6 Å². The first-order chi connectivity index (χ1) is 13.5. The van der Waals surface area contributed by atoms with Gasteiger partial charge in [-0.3, -0.25) is 0 Å². The van der Waals surface area contributed by atoms with Crippen LogP contribution in [-0.4, -0.2) is 24.8 Å². The van der Waals surface area contributed by atoms with Gasteiger partial charge in [0.1, 0.15) is 5.75 Å². The molecule has 0 radical (unpaired) electrons. The van der Waals surface area contributed by atoms with Gasteiger partial charge in [0.15, 0.2) is 6.23 Å². The van der Waals surface area contributed by atoms with Crippen molar-refractivity contribution in [1.29, 1.82) is 0 Å². The van der Waals surface area contributed by atoms with Crippen LogP contribution in [0.2, 0.25) is 0 Å². The summed E-state index contributed by atoms with van der Waals surface area (Å²) in [4.78, 5) is 2.05. The second kappa shape index (κ2) is 7.24. The highest BCUT2D eigenvalue weighted by Gasteiger charge is 2.34. The van der Waals surface area contributed by atoms with Crippen molar-refractivity contribution in [2.75, 3.05) is 25.2 Å². The summed E-state index contributed by atoms with van der Waals surface area (Å²) in [6.07, 6.45) is -1.50. The molecule has 0 bridgehead atoms. The SMILES string of the molecule is COc1ccccc1N1CCO[C@@H]1c1ccn(-c2ccccc2C(F)(F)F)c1. The molecule has 2 aromatic carbocycles. The lowest BCUT2D eigenvalue weighted by Crippen LogP contribution is -2.23. The Morgan fingerprint density at radius 1 is 1.00 bits per heavy atom. The number of methoxy groups -OCH3 is 1. The molecule has 7 heteroatoms. The van der Waals surface area contributed by atoms with Gasteiger partial charge in [0.05, 0.1) is 30.7 Å². The standard InChI is InChI=1S/C21H19F3N2O2/c1-27-19-9-5-4-8-18(19)26-12-13-28-20(26)15-10-11-25(14-15)17-7-3-2-6-16(17)21(22,23)24/h2-11,14,20H,12-13H2,1H3/t20-/m1/s1. The molecule has 146 valence electrons. The van der Waals surface area contributed by atoms with Gasteiger partial charge in [0, 0.05) is 24.5 Å². The Morgan fingerprint density at radius 2 is 1.71 bits per heavy atom. The van der Waals surface area contributed by atoms with E-state index in [9.17, 15) is 13.2 Å². The zero-order valence-electron chi connectivity index (χ0n) is 15.2. The highest BCUT2D eigenvalue weighted by molar-refractivity contribution is 5.60. The van der Waals surface area contributed by atoms with Crippen LogP contribution >= 0.6 is 0 Å². The number of anilines is 1. The zero-order valence-corrected chi connectivity index (χ0v) is 15.2. The fourth-order valence-electron chi connectivity index (χ4n) is 3.51. The molecule has 1 saturated heterocycles. The molecule has 0 N–H and O–H groups in total. The van der Waals surface area contributed by atoms with Crippen LogP contribution in [0.25, 0.3) is 5.69 Å². The molecule has 0 spiro atoms. The molecule has 28 heavy (non-hydrogen) atoms.